The smallest absolute Gasteiger partial charge is 0.353 e. The summed E-state index contributed by atoms with van der Waals surface area (Å²) in [5.41, 5.74) is 5.53. The fourth-order valence-corrected chi connectivity index (χ4v) is 7.67. The van der Waals surface area contributed by atoms with Gasteiger partial charge in [0.15, 0.2) is 5.96 Å². The first kappa shape index (κ1) is 24.3. The first-order chi connectivity index (χ1) is 15.7. The second-order valence-corrected chi connectivity index (χ2v) is 11.6. The van der Waals surface area contributed by atoms with Gasteiger partial charge in [0.2, 0.25) is 5.91 Å². The number of rotatable bonds is 8. The summed E-state index contributed by atoms with van der Waals surface area (Å²) in [4.78, 5) is 29.3. The monoisotopic (exact) mass is 479 g/mol. The number of likely N-dealkylation sites (tertiary alicyclic amines) is 1. The molecule has 10 heteroatoms. The van der Waals surface area contributed by atoms with Crippen LogP contribution in [0.25, 0.3) is 0 Å². The number of carboxylic acids is 1. The maximum absolute atomic E-state index is 12.5. The average molecular weight is 480 g/mol. The van der Waals surface area contributed by atoms with Gasteiger partial charge < -0.3 is 31.1 Å². The van der Waals surface area contributed by atoms with Crippen LogP contribution >= 0.6 is 11.8 Å². The second kappa shape index (κ2) is 9.84. The molecule has 1 unspecified atom stereocenters. The number of aliphatic hydroxyl groups is 1. The SMILES string of the molecule is C[C@H]1C(S[C@@H]2CCN(C[C@H]3CC[C@H](CNC(=N)N)CC3)C2)=C(C(=O)O)N2C(=O)[C@H]([C@@H](C)O)C12. The number of carboxylic acid groups (broad SMARTS) is 1. The van der Waals surface area contributed by atoms with Crippen molar-refractivity contribution in [2.75, 3.05) is 26.2 Å². The van der Waals surface area contributed by atoms with E-state index < -0.39 is 18.0 Å². The third-order valence-corrected chi connectivity index (χ3v) is 9.43. The summed E-state index contributed by atoms with van der Waals surface area (Å²) < 4.78 is 0. The molecule has 1 saturated carbocycles. The van der Waals surface area contributed by atoms with Crippen LogP contribution in [0.3, 0.4) is 0 Å². The maximum Gasteiger partial charge on any atom is 0.353 e. The highest BCUT2D eigenvalue weighted by Crippen LogP contribution is 2.52. The molecule has 1 aliphatic carbocycles. The predicted molar refractivity (Wildman–Crippen MR) is 127 cm³/mol. The van der Waals surface area contributed by atoms with Gasteiger partial charge in [-0.25, -0.2) is 4.79 Å². The van der Waals surface area contributed by atoms with Gasteiger partial charge in [-0.2, -0.15) is 0 Å². The second-order valence-electron chi connectivity index (χ2n) is 10.2. The van der Waals surface area contributed by atoms with Crippen LogP contribution in [0.4, 0.5) is 0 Å². The van der Waals surface area contributed by atoms with Gasteiger partial charge in [0.25, 0.3) is 0 Å². The van der Waals surface area contributed by atoms with Gasteiger partial charge in [-0.15, -0.1) is 11.8 Å². The zero-order chi connectivity index (χ0) is 23.9. The lowest BCUT2D eigenvalue weighted by Gasteiger charge is -2.46. The molecule has 5 atom stereocenters. The molecule has 0 aromatic heterocycles. The van der Waals surface area contributed by atoms with Gasteiger partial charge in [0, 0.05) is 35.7 Å². The normalized spacial score (nSPS) is 35.4. The van der Waals surface area contributed by atoms with E-state index in [0.717, 1.165) is 37.5 Å². The standard InChI is InChI=1S/C23H37N5O4S/c1-12-18-17(13(2)29)21(30)28(18)19(22(31)32)20(12)33-16-7-8-27(11-16)10-15-5-3-14(4-6-15)9-26-23(24)25/h12-18,29H,3-11H2,1-2H3,(H,31,32)(H4,24,25,26)/t12-,13-,14-,15-,16-,17-,18?/m1/s1. The van der Waals surface area contributed by atoms with E-state index in [1.807, 2.05) is 6.92 Å². The first-order valence-corrected chi connectivity index (χ1v) is 13.0. The van der Waals surface area contributed by atoms with E-state index in [9.17, 15) is 19.8 Å². The van der Waals surface area contributed by atoms with Crippen LogP contribution in [-0.2, 0) is 9.59 Å². The van der Waals surface area contributed by atoms with Crippen LogP contribution in [0.5, 0.6) is 0 Å². The van der Waals surface area contributed by atoms with Gasteiger partial charge in [-0.1, -0.05) is 6.92 Å². The molecule has 4 aliphatic rings. The minimum atomic E-state index is -1.05. The zero-order valence-electron chi connectivity index (χ0n) is 19.5. The number of nitrogens with two attached hydrogens (primary N) is 1. The Bertz CT molecular complexity index is 826. The number of aliphatic hydroxyl groups excluding tert-OH is 1. The van der Waals surface area contributed by atoms with Crippen molar-refractivity contribution in [3.05, 3.63) is 10.6 Å². The van der Waals surface area contributed by atoms with Gasteiger partial charge >= 0.3 is 5.97 Å². The largest absolute Gasteiger partial charge is 0.477 e. The molecule has 184 valence electrons. The van der Waals surface area contributed by atoms with E-state index in [1.165, 1.54) is 30.6 Å². The van der Waals surface area contributed by atoms with Crippen LogP contribution in [0.1, 0.15) is 46.0 Å². The van der Waals surface area contributed by atoms with E-state index in [4.69, 9.17) is 11.1 Å². The maximum atomic E-state index is 12.5. The van der Waals surface area contributed by atoms with Crippen LogP contribution < -0.4 is 11.1 Å². The van der Waals surface area contributed by atoms with Gasteiger partial charge in [-0.3, -0.25) is 10.2 Å². The summed E-state index contributed by atoms with van der Waals surface area (Å²) in [6.45, 7) is 7.44. The van der Waals surface area contributed by atoms with Gasteiger partial charge in [-0.05, 0) is 57.4 Å². The number of carbonyl (C=O) groups is 2. The van der Waals surface area contributed by atoms with E-state index >= 15 is 0 Å². The van der Waals surface area contributed by atoms with E-state index in [-0.39, 0.29) is 29.5 Å². The van der Waals surface area contributed by atoms with Gasteiger partial charge in [0.05, 0.1) is 18.1 Å². The number of hydrogen-bond acceptors (Lipinski definition) is 6. The third-order valence-electron chi connectivity index (χ3n) is 7.90. The molecule has 0 bridgehead atoms. The Labute approximate surface area is 199 Å². The zero-order valence-corrected chi connectivity index (χ0v) is 20.3. The number of nitrogens with zero attached hydrogens (tertiary/aromatic N) is 2. The number of aliphatic carboxylic acids is 1. The Morgan fingerprint density at radius 1 is 1.27 bits per heavy atom. The average Bonchev–Trinajstić information content (AvgIpc) is 3.28. The number of β-lactam (4-membered cyclic amide) rings is 1. The molecule has 33 heavy (non-hydrogen) atoms. The van der Waals surface area contributed by atoms with Crippen LogP contribution in [0.2, 0.25) is 0 Å². The van der Waals surface area contributed by atoms with Crippen molar-refractivity contribution in [2.24, 2.45) is 29.4 Å². The number of thioether (sulfide) groups is 1. The van der Waals surface area contributed by atoms with Crippen molar-refractivity contribution in [2.45, 2.75) is 63.3 Å². The summed E-state index contributed by atoms with van der Waals surface area (Å²) in [5.74, 6) is -0.554. The van der Waals surface area contributed by atoms with E-state index in [1.54, 1.807) is 18.7 Å². The minimum Gasteiger partial charge on any atom is -0.477 e. The first-order valence-electron chi connectivity index (χ1n) is 12.1. The Balaban J connectivity index is 1.30. The fourth-order valence-electron chi connectivity index (χ4n) is 6.16. The van der Waals surface area contributed by atoms with Crippen molar-refractivity contribution < 1.29 is 19.8 Å². The van der Waals surface area contributed by atoms with Crippen molar-refractivity contribution >= 4 is 29.6 Å². The van der Waals surface area contributed by atoms with Crippen LogP contribution in [-0.4, -0.2) is 81.4 Å². The molecule has 2 saturated heterocycles. The highest BCUT2D eigenvalue weighted by atomic mass is 32.2. The number of guanidine groups is 1. The molecule has 0 radical (unpaired) electrons. The molecule has 9 nitrogen and oxygen atoms in total. The fraction of sp³-hybridized carbons (Fsp3) is 0.783. The lowest BCUT2D eigenvalue weighted by atomic mass is 9.79. The molecule has 4 rings (SSSR count). The number of fused-ring (bicyclic) bond motifs is 1. The number of nitrogens with one attached hydrogen (secondary N) is 2. The van der Waals surface area contributed by atoms with E-state index in [2.05, 4.69) is 10.2 Å². The molecule has 0 aromatic carbocycles. The predicted octanol–water partition coefficient (Wildman–Crippen LogP) is 1.24. The summed E-state index contributed by atoms with van der Waals surface area (Å²) in [7, 11) is 0. The quantitative estimate of drug-likeness (QED) is 0.199. The van der Waals surface area contributed by atoms with Crippen molar-refractivity contribution in [3.63, 3.8) is 0 Å². The summed E-state index contributed by atoms with van der Waals surface area (Å²) in [6, 6.07) is -0.240. The molecule has 0 spiro atoms. The van der Waals surface area contributed by atoms with Crippen molar-refractivity contribution in [1.82, 2.24) is 15.1 Å². The van der Waals surface area contributed by atoms with Crippen LogP contribution in [0, 0.1) is 29.1 Å². The summed E-state index contributed by atoms with van der Waals surface area (Å²) in [5, 5.41) is 30.4. The number of amides is 1. The highest BCUT2D eigenvalue weighted by molar-refractivity contribution is 8.03. The number of hydrogen-bond donors (Lipinski definition) is 5. The minimum absolute atomic E-state index is 0.0473. The summed E-state index contributed by atoms with van der Waals surface area (Å²) >= 11 is 1.64. The van der Waals surface area contributed by atoms with Gasteiger partial charge in [0.1, 0.15) is 5.70 Å². The van der Waals surface area contributed by atoms with Crippen molar-refractivity contribution in [3.8, 4) is 0 Å². The highest BCUT2D eigenvalue weighted by Gasteiger charge is 2.60. The molecular formula is C23H37N5O4S. The molecule has 3 aliphatic heterocycles. The molecule has 6 N–H and O–H groups in total. The Morgan fingerprint density at radius 3 is 2.55 bits per heavy atom. The summed E-state index contributed by atoms with van der Waals surface area (Å²) in [6.07, 6.45) is 4.98. The van der Waals surface area contributed by atoms with Crippen molar-refractivity contribution in [1.29, 1.82) is 5.41 Å². The molecule has 3 heterocycles. The van der Waals surface area contributed by atoms with Crippen LogP contribution in [0.15, 0.2) is 10.6 Å². The third kappa shape index (κ3) is 4.88. The number of carbonyl (C=O) groups excluding carboxylic acids is 1. The molecule has 0 aromatic rings. The lowest BCUT2D eigenvalue weighted by Crippen LogP contribution is -2.63. The Kier molecular flexibility index (Phi) is 7.26. The topological polar surface area (TPSA) is 143 Å². The Morgan fingerprint density at radius 2 is 1.94 bits per heavy atom. The Hall–Kier alpha value is -1.78. The molecular weight excluding hydrogens is 442 g/mol. The van der Waals surface area contributed by atoms with E-state index in [0.29, 0.717) is 17.1 Å². The molecule has 1 amide bonds. The lowest BCUT2D eigenvalue weighted by molar-refractivity contribution is -0.163. The molecule has 3 fully saturated rings.